The average Bonchev–Trinajstić information content (AvgIpc) is 2.69. The fourth-order valence-corrected chi connectivity index (χ4v) is 2.00. The minimum absolute atomic E-state index is 0.0404. The summed E-state index contributed by atoms with van der Waals surface area (Å²) in [6.45, 7) is 2.32. The zero-order valence-corrected chi connectivity index (χ0v) is 10.4. The number of nitrogens with two attached hydrogens (primary N) is 1. The normalized spacial score (nSPS) is 18.9. The molecular formula is C11H12ClFN4O. The summed E-state index contributed by atoms with van der Waals surface area (Å²) in [7, 11) is 0. The molecule has 0 radical (unpaired) electrons. The fraction of sp³-hybridized carbons (Fsp3) is 0.273. The summed E-state index contributed by atoms with van der Waals surface area (Å²) in [5, 5.41) is 22.3. The maximum Gasteiger partial charge on any atom is 0.209 e. The van der Waals surface area contributed by atoms with Crippen LogP contribution in [0.2, 0.25) is 5.02 Å². The van der Waals surface area contributed by atoms with Gasteiger partial charge in [0.25, 0.3) is 0 Å². The Balaban J connectivity index is 2.47. The second-order valence-electron chi connectivity index (χ2n) is 4.11. The lowest BCUT2D eigenvalue weighted by molar-refractivity contribution is 0.448. The van der Waals surface area contributed by atoms with Crippen LogP contribution in [0.25, 0.3) is 0 Å². The zero-order chi connectivity index (χ0) is 13.4. The van der Waals surface area contributed by atoms with E-state index in [-0.39, 0.29) is 22.6 Å². The van der Waals surface area contributed by atoms with E-state index in [9.17, 15) is 9.50 Å². The van der Waals surface area contributed by atoms with Gasteiger partial charge < -0.3 is 10.8 Å². The number of guanidine groups is 1. The first kappa shape index (κ1) is 12.6. The molecule has 2 rings (SSSR count). The molecule has 18 heavy (non-hydrogen) atoms. The number of benzene rings is 1. The van der Waals surface area contributed by atoms with Crippen molar-refractivity contribution in [3.05, 3.63) is 28.5 Å². The largest absolute Gasteiger partial charge is 0.506 e. The molecule has 0 saturated carbocycles. The number of phenols is 1. The van der Waals surface area contributed by atoms with Crippen LogP contribution >= 0.6 is 11.6 Å². The van der Waals surface area contributed by atoms with Crippen LogP contribution in [0.1, 0.15) is 12.5 Å². The van der Waals surface area contributed by atoms with Gasteiger partial charge in [-0.25, -0.2) is 9.40 Å². The first-order valence-corrected chi connectivity index (χ1v) is 5.67. The van der Waals surface area contributed by atoms with E-state index in [0.717, 1.165) is 0 Å². The highest BCUT2D eigenvalue weighted by Crippen LogP contribution is 2.33. The lowest BCUT2D eigenvalue weighted by Crippen LogP contribution is -2.31. The monoisotopic (exact) mass is 270 g/mol. The Labute approximate surface area is 108 Å². The van der Waals surface area contributed by atoms with Crippen LogP contribution in [0.5, 0.6) is 5.75 Å². The molecule has 96 valence electrons. The van der Waals surface area contributed by atoms with Crippen molar-refractivity contribution in [3.8, 4) is 5.75 Å². The summed E-state index contributed by atoms with van der Waals surface area (Å²) in [6.07, 6.45) is 0. The summed E-state index contributed by atoms with van der Waals surface area (Å²) in [5.41, 5.74) is 6.24. The Hall–Kier alpha value is -1.82. The molecule has 1 aliphatic heterocycles. The van der Waals surface area contributed by atoms with Gasteiger partial charge in [0.15, 0.2) is 0 Å². The van der Waals surface area contributed by atoms with Gasteiger partial charge in [0.2, 0.25) is 5.96 Å². The van der Waals surface area contributed by atoms with Gasteiger partial charge in [-0.05, 0) is 12.1 Å². The van der Waals surface area contributed by atoms with E-state index < -0.39 is 5.82 Å². The Bertz CT molecular complexity index is 546. The maximum absolute atomic E-state index is 13.2. The standard InChI is InChI=1S/C11H12ClFN4O/c1-5-4-17(11(14)15)16-9(5)6-2-3-7(13)8(12)10(6)18/h2-3,5,18H,4H2,1H3,(H3,14,15). The number of rotatable bonds is 1. The van der Waals surface area contributed by atoms with Crippen molar-refractivity contribution in [1.29, 1.82) is 5.41 Å². The third kappa shape index (κ3) is 1.99. The van der Waals surface area contributed by atoms with Crippen molar-refractivity contribution in [2.24, 2.45) is 16.8 Å². The molecule has 1 heterocycles. The number of nitrogens with zero attached hydrogens (tertiary/aromatic N) is 2. The molecule has 0 amide bonds. The number of hydrogen-bond donors (Lipinski definition) is 3. The number of nitrogens with one attached hydrogen (secondary N) is 1. The molecule has 0 fully saturated rings. The van der Waals surface area contributed by atoms with Gasteiger partial charge in [0.05, 0.1) is 12.3 Å². The number of aromatic hydroxyl groups is 1. The van der Waals surface area contributed by atoms with Crippen LogP contribution < -0.4 is 5.73 Å². The van der Waals surface area contributed by atoms with Crippen molar-refractivity contribution in [2.75, 3.05) is 6.54 Å². The summed E-state index contributed by atoms with van der Waals surface area (Å²) in [4.78, 5) is 0. The van der Waals surface area contributed by atoms with Gasteiger partial charge in [-0.1, -0.05) is 18.5 Å². The Morgan fingerprint density at radius 1 is 1.67 bits per heavy atom. The van der Waals surface area contributed by atoms with Crippen molar-refractivity contribution in [3.63, 3.8) is 0 Å². The third-order valence-electron chi connectivity index (χ3n) is 2.77. The smallest absolute Gasteiger partial charge is 0.209 e. The van der Waals surface area contributed by atoms with Crippen LogP contribution in [-0.4, -0.2) is 28.3 Å². The quantitative estimate of drug-likeness (QED) is 0.537. The second-order valence-corrected chi connectivity index (χ2v) is 4.49. The highest BCUT2D eigenvalue weighted by Gasteiger charge is 2.28. The molecule has 0 bridgehead atoms. The number of phenolic OH excluding ortho intramolecular Hbond substituents is 1. The Morgan fingerprint density at radius 3 is 2.89 bits per heavy atom. The van der Waals surface area contributed by atoms with E-state index in [1.165, 1.54) is 17.1 Å². The van der Waals surface area contributed by atoms with Crippen molar-refractivity contribution >= 4 is 23.3 Å². The molecule has 1 aliphatic rings. The minimum atomic E-state index is -0.687. The highest BCUT2D eigenvalue weighted by molar-refractivity contribution is 6.33. The first-order chi connectivity index (χ1) is 8.41. The summed E-state index contributed by atoms with van der Waals surface area (Å²) in [6, 6.07) is 2.58. The lowest BCUT2D eigenvalue weighted by Gasteiger charge is -2.10. The predicted octanol–water partition coefficient (Wildman–Crippen LogP) is 1.73. The van der Waals surface area contributed by atoms with Gasteiger partial charge in [0, 0.05) is 11.5 Å². The molecule has 1 aromatic rings. The third-order valence-corrected chi connectivity index (χ3v) is 3.12. The SMILES string of the molecule is CC1CN(C(=N)N)N=C1c1ccc(F)c(Cl)c1O. The molecule has 5 nitrogen and oxygen atoms in total. The molecule has 4 N–H and O–H groups in total. The zero-order valence-electron chi connectivity index (χ0n) is 9.61. The van der Waals surface area contributed by atoms with Crippen LogP contribution in [0.15, 0.2) is 17.2 Å². The van der Waals surface area contributed by atoms with Crippen LogP contribution in [0, 0.1) is 17.1 Å². The summed E-state index contributed by atoms with van der Waals surface area (Å²) < 4.78 is 13.2. The first-order valence-electron chi connectivity index (χ1n) is 5.29. The van der Waals surface area contributed by atoms with E-state index >= 15 is 0 Å². The second kappa shape index (κ2) is 4.45. The van der Waals surface area contributed by atoms with Crippen molar-refractivity contribution < 1.29 is 9.50 Å². The summed E-state index contributed by atoms with van der Waals surface area (Å²) >= 11 is 5.65. The van der Waals surface area contributed by atoms with Gasteiger partial charge in [0.1, 0.15) is 16.6 Å². The Kier molecular flexibility index (Phi) is 3.13. The molecule has 0 spiro atoms. The molecule has 1 atom stereocenters. The molecule has 1 aromatic carbocycles. The molecular weight excluding hydrogens is 259 g/mol. The lowest BCUT2D eigenvalue weighted by atomic mass is 9.98. The van der Waals surface area contributed by atoms with E-state index in [1.807, 2.05) is 6.92 Å². The van der Waals surface area contributed by atoms with E-state index in [2.05, 4.69) is 5.10 Å². The fourth-order valence-electron chi connectivity index (χ4n) is 1.83. The van der Waals surface area contributed by atoms with Crippen molar-refractivity contribution in [1.82, 2.24) is 5.01 Å². The predicted molar refractivity (Wildman–Crippen MR) is 67.4 cm³/mol. The van der Waals surface area contributed by atoms with Crippen LogP contribution in [0.3, 0.4) is 0 Å². The number of hydrazone groups is 1. The highest BCUT2D eigenvalue weighted by atomic mass is 35.5. The summed E-state index contributed by atoms with van der Waals surface area (Å²) in [5.74, 6) is -1.24. The van der Waals surface area contributed by atoms with Gasteiger partial charge in [-0.2, -0.15) is 5.10 Å². The number of hydrogen-bond acceptors (Lipinski definition) is 3. The average molecular weight is 271 g/mol. The molecule has 0 saturated heterocycles. The molecule has 7 heteroatoms. The molecule has 0 aliphatic carbocycles. The maximum atomic E-state index is 13.2. The minimum Gasteiger partial charge on any atom is -0.506 e. The molecule has 0 aromatic heterocycles. The van der Waals surface area contributed by atoms with Gasteiger partial charge in [-0.3, -0.25) is 5.41 Å². The molecule has 1 unspecified atom stereocenters. The van der Waals surface area contributed by atoms with E-state index in [1.54, 1.807) is 0 Å². The van der Waals surface area contributed by atoms with E-state index in [4.69, 9.17) is 22.7 Å². The van der Waals surface area contributed by atoms with Crippen LogP contribution in [-0.2, 0) is 0 Å². The Morgan fingerprint density at radius 2 is 2.33 bits per heavy atom. The van der Waals surface area contributed by atoms with Gasteiger partial charge in [-0.15, -0.1) is 0 Å². The van der Waals surface area contributed by atoms with E-state index in [0.29, 0.717) is 17.8 Å². The number of halogens is 2. The topological polar surface area (TPSA) is 85.7 Å². The van der Waals surface area contributed by atoms with Crippen molar-refractivity contribution in [2.45, 2.75) is 6.92 Å². The van der Waals surface area contributed by atoms with Gasteiger partial charge >= 0.3 is 0 Å². The van der Waals surface area contributed by atoms with Crippen LogP contribution in [0.4, 0.5) is 4.39 Å².